The van der Waals surface area contributed by atoms with Gasteiger partial charge in [-0.05, 0) is 33.6 Å². The Morgan fingerprint density at radius 3 is 2.67 bits per heavy atom. The van der Waals surface area contributed by atoms with Crippen molar-refractivity contribution in [3.63, 3.8) is 0 Å². The molecule has 0 spiro atoms. The third-order valence-electron chi connectivity index (χ3n) is 2.94. The molecule has 2 aromatic rings. The van der Waals surface area contributed by atoms with Crippen molar-refractivity contribution in [1.82, 2.24) is 0 Å². The molecule has 0 aliphatic carbocycles. The first-order valence-electron chi connectivity index (χ1n) is 6.46. The van der Waals surface area contributed by atoms with E-state index in [-0.39, 0.29) is 0 Å². The molecule has 0 saturated heterocycles. The van der Waals surface area contributed by atoms with E-state index in [4.69, 9.17) is 14.7 Å². The topological polar surface area (TPSA) is 51.0 Å². The summed E-state index contributed by atoms with van der Waals surface area (Å²) in [7, 11) is 1.58. The Bertz CT molecular complexity index is 614. The van der Waals surface area contributed by atoms with Crippen LogP contribution in [0, 0.1) is 0 Å². The monoisotopic (exact) mass is 349 g/mol. The first kappa shape index (κ1) is 15.4. The number of methoxy groups -OCH3 is 1. The fraction of sp³-hybridized carbons (Fsp3) is 0.188. The van der Waals surface area contributed by atoms with Crippen LogP contribution in [0.25, 0.3) is 0 Å². The molecule has 0 atom stereocenters. The number of hydrogen-bond donors (Lipinski definition) is 1. The predicted molar refractivity (Wildman–Crippen MR) is 85.7 cm³/mol. The second-order valence-electron chi connectivity index (χ2n) is 4.36. The molecule has 5 heteroatoms. The third kappa shape index (κ3) is 4.23. The van der Waals surface area contributed by atoms with Gasteiger partial charge in [0.2, 0.25) is 0 Å². The van der Waals surface area contributed by atoms with Gasteiger partial charge in [0.05, 0.1) is 24.4 Å². The van der Waals surface area contributed by atoms with Crippen molar-refractivity contribution in [2.75, 3.05) is 13.7 Å². The van der Waals surface area contributed by atoms with E-state index in [1.54, 1.807) is 19.2 Å². The number of ether oxygens (including phenoxy) is 2. The van der Waals surface area contributed by atoms with E-state index in [1.807, 2.05) is 18.2 Å². The van der Waals surface area contributed by atoms with Crippen molar-refractivity contribution in [1.29, 1.82) is 0 Å². The van der Waals surface area contributed by atoms with Gasteiger partial charge < -0.3 is 14.7 Å². The van der Waals surface area contributed by atoms with Gasteiger partial charge in [-0.2, -0.15) is 0 Å². The standard InChI is InChI=1S/C16H16BrNO3/c1-20-15-10-13(11-18-19)9-14(17)16(15)21-8-7-12-5-3-2-4-6-12/h2-6,9-11,19H,7-8H2,1H3. The van der Waals surface area contributed by atoms with Crippen molar-refractivity contribution >= 4 is 22.1 Å². The lowest BCUT2D eigenvalue weighted by Gasteiger charge is -2.13. The van der Waals surface area contributed by atoms with Gasteiger partial charge in [-0.3, -0.25) is 0 Å². The van der Waals surface area contributed by atoms with Crippen molar-refractivity contribution in [2.24, 2.45) is 5.16 Å². The maximum atomic E-state index is 8.59. The summed E-state index contributed by atoms with van der Waals surface area (Å²) in [5.74, 6) is 1.23. The molecule has 2 rings (SSSR count). The average Bonchev–Trinajstić information content (AvgIpc) is 2.50. The molecule has 0 aromatic heterocycles. The molecule has 0 aliphatic rings. The molecular weight excluding hydrogens is 334 g/mol. The molecular formula is C16H16BrNO3. The summed E-state index contributed by atoms with van der Waals surface area (Å²) in [4.78, 5) is 0. The van der Waals surface area contributed by atoms with Gasteiger partial charge in [-0.15, -0.1) is 0 Å². The van der Waals surface area contributed by atoms with E-state index in [0.29, 0.717) is 18.1 Å². The van der Waals surface area contributed by atoms with Gasteiger partial charge in [-0.25, -0.2) is 0 Å². The van der Waals surface area contributed by atoms with Crippen LogP contribution in [0.4, 0.5) is 0 Å². The predicted octanol–water partition coefficient (Wildman–Crippen LogP) is 3.89. The minimum Gasteiger partial charge on any atom is -0.493 e. The van der Waals surface area contributed by atoms with Gasteiger partial charge in [0.15, 0.2) is 11.5 Å². The van der Waals surface area contributed by atoms with E-state index >= 15 is 0 Å². The van der Waals surface area contributed by atoms with E-state index in [0.717, 1.165) is 16.5 Å². The zero-order valence-electron chi connectivity index (χ0n) is 11.6. The number of benzene rings is 2. The van der Waals surface area contributed by atoms with Gasteiger partial charge in [-0.1, -0.05) is 35.5 Å². The van der Waals surface area contributed by atoms with Gasteiger partial charge in [0, 0.05) is 12.0 Å². The van der Waals surface area contributed by atoms with Crippen LogP contribution in [0.15, 0.2) is 52.1 Å². The second-order valence-corrected chi connectivity index (χ2v) is 5.22. The van der Waals surface area contributed by atoms with Gasteiger partial charge >= 0.3 is 0 Å². The Hall–Kier alpha value is -2.01. The van der Waals surface area contributed by atoms with Crippen molar-refractivity contribution < 1.29 is 14.7 Å². The maximum absolute atomic E-state index is 8.59. The van der Waals surface area contributed by atoms with Gasteiger partial charge in [0.1, 0.15) is 0 Å². The molecule has 0 bridgehead atoms. The molecule has 0 fully saturated rings. The highest BCUT2D eigenvalue weighted by atomic mass is 79.9. The molecule has 0 heterocycles. The van der Waals surface area contributed by atoms with Crippen molar-refractivity contribution in [3.05, 3.63) is 58.1 Å². The van der Waals surface area contributed by atoms with Crippen LogP contribution in [0.1, 0.15) is 11.1 Å². The van der Waals surface area contributed by atoms with Crippen LogP contribution < -0.4 is 9.47 Å². The summed E-state index contributed by atoms with van der Waals surface area (Å²) in [5.41, 5.74) is 1.94. The molecule has 0 radical (unpaired) electrons. The Kier molecular flexibility index (Phi) is 5.63. The van der Waals surface area contributed by atoms with E-state index < -0.39 is 0 Å². The number of rotatable bonds is 6. The first-order chi connectivity index (χ1) is 10.2. The highest BCUT2D eigenvalue weighted by Gasteiger charge is 2.11. The lowest BCUT2D eigenvalue weighted by molar-refractivity contribution is 0.295. The highest BCUT2D eigenvalue weighted by molar-refractivity contribution is 9.10. The lowest BCUT2D eigenvalue weighted by Crippen LogP contribution is -2.03. The summed E-state index contributed by atoms with van der Waals surface area (Å²) in [6.07, 6.45) is 2.15. The molecule has 2 aromatic carbocycles. The summed E-state index contributed by atoms with van der Waals surface area (Å²) >= 11 is 3.45. The molecule has 0 amide bonds. The van der Waals surface area contributed by atoms with Crippen molar-refractivity contribution in [2.45, 2.75) is 6.42 Å². The fourth-order valence-corrected chi connectivity index (χ4v) is 2.51. The van der Waals surface area contributed by atoms with Crippen LogP contribution in [0.3, 0.4) is 0 Å². The molecule has 21 heavy (non-hydrogen) atoms. The Labute approximate surface area is 132 Å². The summed E-state index contributed by atoms with van der Waals surface area (Å²) in [5, 5.41) is 11.6. The number of oxime groups is 1. The van der Waals surface area contributed by atoms with Crippen LogP contribution in [0.5, 0.6) is 11.5 Å². The molecule has 110 valence electrons. The zero-order chi connectivity index (χ0) is 15.1. The van der Waals surface area contributed by atoms with Crippen molar-refractivity contribution in [3.8, 4) is 11.5 Å². The fourth-order valence-electron chi connectivity index (χ4n) is 1.94. The van der Waals surface area contributed by atoms with Crippen LogP contribution in [-0.4, -0.2) is 25.1 Å². The largest absolute Gasteiger partial charge is 0.493 e. The second kappa shape index (κ2) is 7.69. The van der Waals surface area contributed by atoms with E-state index in [9.17, 15) is 0 Å². The summed E-state index contributed by atoms with van der Waals surface area (Å²) in [6, 6.07) is 13.7. The molecule has 0 aliphatic heterocycles. The van der Waals surface area contributed by atoms with Crippen LogP contribution in [-0.2, 0) is 6.42 Å². The Morgan fingerprint density at radius 2 is 2.00 bits per heavy atom. The zero-order valence-corrected chi connectivity index (χ0v) is 13.2. The Morgan fingerprint density at radius 1 is 1.24 bits per heavy atom. The maximum Gasteiger partial charge on any atom is 0.175 e. The normalized spacial score (nSPS) is 10.8. The smallest absolute Gasteiger partial charge is 0.175 e. The average molecular weight is 350 g/mol. The molecule has 0 unspecified atom stereocenters. The number of halogens is 1. The highest BCUT2D eigenvalue weighted by Crippen LogP contribution is 2.36. The quantitative estimate of drug-likeness (QED) is 0.489. The molecule has 4 nitrogen and oxygen atoms in total. The van der Waals surface area contributed by atoms with E-state index in [2.05, 4.69) is 33.2 Å². The Balaban J connectivity index is 2.08. The number of nitrogens with zero attached hydrogens (tertiary/aromatic N) is 1. The molecule has 1 N–H and O–H groups in total. The molecule has 0 saturated carbocycles. The summed E-state index contributed by atoms with van der Waals surface area (Å²) < 4.78 is 11.9. The lowest BCUT2D eigenvalue weighted by atomic mass is 10.2. The number of hydrogen-bond acceptors (Lipinski definition) is 4. The van der Waals surface area contributed by atoms with E-state index in [1.165, 1.54) is 11.8 Å². The minimum atomic E-state index is 0.548. The SMILES string of the molecule is COc1cc(C=NO)cc(Br)c1OCCc1ccccc1. The van der Waals surface area contributed by atoms with Gasteiger partial charge in [0.25, 0.3) is 0 Å². The minimum absolute atomic E-state index is 0.548. The van der Waals surface area contributed by atoms with Crippen LogP contribution >= 0.6 is 15.9 Å². The third-order valence-corrected chi connectivity index (χ3v) is 3.53. The van der Waals surface area contributed by atoms with Crippen LogP contribution in [0.2, 0.25) is 0 Å². The first-order valence-corrected chi connectivity index (χ1v) is 7.25. The summed E-state index contributed by atoms with van der Waals surface area (Å²) in [6.45, 7) is 0.548.